The second kappa shape index (κ2) is 4.99. The largest absolute Gasteiger partial charge is 0.499 e. The molecule has 3 nitrogen and oxygen atoms in total. The van der Waals surface area contributed by atoms with Crippen LogP contribution in [-0.4, -0.2) is 31.5 Å². The number of rotatable bonds is 6. The Balaban J connectivity index is 1.83. The Labute approximate surface area is 91.4 Å². The summed E-state index contributed by atoms with van der Waals surface area (Å²) in [5.74, 6) is 0. The fourth-order valence-corrected chi connectivity index (χ4v) is 2.17. The summed E-state index contributed by atoms with van der Waals surface area (Å²) < 4.78 is 16.5. The van der Waals surface area contributed by atoms with Gasteiger partial charge >= 0.3 is 0 Å². The summed E-state index contributed by atoms with van der Waals surface area (Å²) in [7, 11) is 0. The first-order valence-corrected chi connectivity index (χ1v) is 5.83. The van der Waals surface area contributed by atoms with Crippen LogP contribution in [0.1, 0.15) is 32.1 Å². The van der Waals surface area contributed by atoms with Crippen molar-refractivity contribution >= 4 is 0 Å². The van der Waals surface area contributed by atoms with Gasteiger partial charge in [0, 0.05) is 0 Å². The van der Waals surface area contributed by atoms with Gasteiger partial charge in [0.15, 0.2) is 0 Å². The van der Waals surface area contributed by atoms with E-state index in [-0.39, 0.29) is 5.60 Å². The summed E-state index contributed by atoms with van der Waals surface area (Å²) in [5, 5.41) is 0. The van der Waals surface area contributed by atoms with Crippen molar-refractivity contribution in [2.24, 2.45) is 0 Å². The van der Waals surface area contributed by atoms with Crippen LogP contribution in [0.5, 0.6) is 0 Å². The Morgan fingerprint density at radius 2 is 2.07 bits per heavy atom. The molecule has 0 amide bonds. The van der Waals surface area contributed by atoms with Gasteiger partial charge in [0.05, 0.1) is 19.5 Å². The van der Waals surface area contributed by atoms with Crippen LogP contribution in [0.25, 0.3) is 0 Å². The van der Waals surface area contributed by atoms with Crippen LogP contribution < -0.4 is 0 Å². The molecule has 0 bridgehead atoms. The van der Waals surface area contributed by atoms with Crippen LogP contribution in [0, 0.1) is 0 Å². The zero-order valence-electron chi connectivity index (χ0n) is 9.24. The zero-order valence-corrected chi connectivity index (χ0v) is 9.24. The van der Waals surface area contributed by atoms with Gasteiger partial charge in [-0.2, -0.15) is 0 Å². The van der Waals surface area contributed by atoms with E-state index in [9.17, 15) is 0 Å². The molecule has 1 saturated heterocycles. The van der Waals surface area contributed by atoms with E-state index in [1.807, 2.05) is 0 Å². The smallest absolute Gasteiger partial charge is 0.116 e. The normalized spacial score (nSPS) is 28.4. The average molecular weight is 212 g/mol. The van der Waals surface area contributed by atoms with Gasteiger partial charge in [-0.15, -0.1) is 0 Å². The Hall–Kier alpha value is -0.540. The molecular formula is C12H20O3. The molecule has 1 heterocycles. The fourth-order valence-electron chi connectivity index (χ4n) is 2.17. The molecule has 0 aromatic heterocycles. The van der Waals surface area contributed by atoms with E-state index >= 15 is 0 Å². The molecule has 2 fully saturated rings. The van der Waals surface area contributed by atoms with Crippen molar-refractivity contribution in [3.05, 3.63) is 12.8 Å². The van der Waals surface area contributed by atoms with Gasteiger partial charge in [-0.1, -0.05) is 25.8 Å². The molecule has 1 unspecified atom stereocenters. The topological polar surface area (TPSA) is 31.0 Å². The summed E-state index contributed by atoms with van der Waals surface area (Å²) in [6.07, 6.45) is 7.86. The second-order valence-corrected chi connectivity index (χ2v) is 4.49. The van der Waals surface area contributed by atoms with Gasteiger partial charge in [-0.3, -0.25) is 0 Å². The Kier molecular flexibility index (Phi) is 3.65. The van der Waals surface area contributed by atoms with Gasteiger partial charge in [-0.25, -0.2) is 0 Å². The highest BCUT2D eigenvalue weighted by Crippen LogP contribution is 2.32. The van der Waals surface area contributed by atoms with E-state index in [1.165, 1.54) is 25.5 Å². The maximum Gasteiger partial charge on any atom is 0.116 e. The maximum atomic E-state index is 6.00. The van der Waals surface area contributed by atoms with Crippen LogP contribution in [0.3, 0.4) is 0 Å². The third-order valence-corrected chi connectivity index (χ3v) is 3.21. The van der Waals surface area contributed by atoms with Crippen LogP contribution in [-0.2, 0) is 14.2 Å². The van der Waals surface area contributed by atoms with Gasteiger partial charge in [0.25, 0.3) is 0 Å². The van der Waals surface area contributed by atoms with Crippen molar-refractivity contribution in [2.45, 2.75) is 43.8 Å². The number of hydrogen-bond acceptors (Lipinski definition) is 3. The summed E-state index contributed by atoms with van der Waals surface area (Å²) >= 11 is 0. The molecule has 1 aliphatic heterocycles. The third kappa shape index (κ3) is 3.21. The minimum atomic E-state index is -0.0710. The van der Waals surface area contributed by atoms with Crippen LogP contribution in [0.15, 0.2) is 12.8 Å². The first-order chi connectivity index (χ1) is 7.35. The van der Waals surface area contributed by atoms with Crippen LogP contribution in [0.2, 0.25) is 0 Å². The molecule has 0 radical (unpaired) electrons. The predicted molar refractivity (Wildman–Crippen MR) is 57.7 cm³/mol. The molecular weight excluding hydrogens is 192 g/mol. The molecule has 0 N–H and O–H groups in total. The molecule has 0 aromatic carbocycles. The Bertz CT molecular complexity index is 205. The van der Waals surface area contributed by atoms with E-state index in [4.69, 9.17) is 14.2 Å². The van der Waals surface area contributed by atoms with Gasteiger partial charge < -0.3 is 14.2 Å². The monoisotopic (exact) mass is 212 g/mol. The predicted octanol–water partition coefficient (Wildman–Crippen LogP) is 2.26. The first-order valence-electron chi connectivity index (χ1n) is 5.83. The highest BCUT2D eigenvalue weighted by Gasteiger charge is 2.36. The van der Waals surface area contributed by atoms with E-state index in [0.717, 1.165) is 26.1 Å². The lowest BCUT2D eigenvalue weighted by molar-refractivity contribution is -0.106. The maximum absolute atomic E-state index is 6.00. The molecule has 1 atom stereocenters. The van der Waals surface area contributed by atoms with Gasteiger partial charge in [-0.05, 0) is 12.8 Å². The van der Waals surface area contributed by atoms with Crippen molar-refractivity contribution in [2.75, 3.05) is 19.8 Å². The van der Waals surface area contributed by atoms with Crippen LogP contribution >= 0.6 is 0 Å². The minimum Gasteiger partial charge on any atom is -0.499 e. The third-order valence-electron chi connectivity index (χ3n) is 3.21. The standard InChI is InChI=1S/C12H20O3/c1-2-13-10-12(6-4-3-5-7-12)15-9-11-8-14-11/h2,11H,1,3-10H2. The summed E-state index contributed by atoms with van der Waals surface area (Å²) in [5.41, 5.74) is -0.0710. The van der Waals surface area contributed by atoms with Crippen molar-refractivity contribution in [3.63, 3.8) is 0 Å². The van der Waals surface area contributed by atoms with Crippen LogP contribution in [0.4, 0.5) is 0 Å². The van der Waals surface area contributed by atoms with Gasteiger partial charge in [0.2, 0.25) is 0 Å². The fraction of sp³-hybridized carbons (Fsp3) is 0.833. The lowest BCUT2D eigenvalue weighted by atomic mass is 9.85. The highest BCUT2D eigenvalue weighted by atomic mass is 16.6. The Morgan fingerprint density at radius 1 is 1.33 bits per heavy atom. The molecule has 1 aliphatic carbocycles. The molecule has 2 rings (SSSR count). The van der Waals surface area contributed by atoms with Crippen molar-refractivity contribution in [1.82, 2.24) is 0 Å². The summed E-state index contributed by atoms with van der Waals surface area (Å²) in [6.45, 7) is 5.81. The molecule has 86 valence electrons. The first kappa shape index (κ1) is 11.0. The lowest BCUT2D eigenvalue weighted by Gasteiger charge is -2.36. The van der Waals surface area contributed by atoms with Crippen molar-refractivity contribution < 1.29 is 14.2 Å². The highest BCUT2D eigenvalue weighted by molar-refractivity contribution is 4.86. The summed E-state index contributed by atoms with van der Waals surface area (Å²) in [6, 6.07) is 0. The summed E-state index contributed by atoms with van der Waals surface area (Å²) in [4.78, 5) is 0. The Morgan fingerprint density at radius 3 is 2.67 bits per heavy atom. The zero-order chi connectivity index (χ0) is 10.6. The SMILES string of the molecule is C=COCC1(OCC2CO2)CCCCC1. The molecule has 2 aliphatic rings. The van der Waals surface area contributed by atoms with E-state index in [0.29, 0.717) is 12.7 Å². The average Bonchev–Trinajstić information content (AvgIpc) is 3.09. The van der Waals surface area contributed by atoms with E-state index in [1.54, 1.807) is 0 Å². The quantitative estimate of drug-likeness (QED) is 0.500. The van der Waals surface area contributed by atoms with Crippen molar-refractivity contribution in [1.29, 1.82) is 0 Å². The number of ether oxygens (including phenoxy) is 3. The number of hydrogen-bond donors (Lipinski definition) is 0. The molecule has 15 heavy (non-hydrogen) atoms. The number of epoxide rings is 1. The second-order valence-electron chi connectivity index (χ2n) is 4.49. The lowest BCUT2D eigenvalue weighted by Crippen LogP contribution is -2.40. The van der Waals surface area contributed by atoms with E-state index in [2.05, 4.69) is 6.58 Å². The molecule has 3 heteroatoms. The van der Waals surface area contributed by atoms with Gasteiger partial charge in [0.1, 0.15) is 18.3 Å². The van der Waals surface area contributed by atoms with E-state index < -0.39 is 0 Å². The molecule has 0 spiro atoms. The molecule has 1 saturated carbocycles. The molecule has 0 aromatic rings. The minimum absolute atomic E-state index is 0.0710. The van der Waals surface area contributed by atoms with Crippen molar-refractivity contribution in [3.8, 4) is 0 Å².